The maximum Gasteiger partial charge on any atom is 0.262 e. The molecular formula is C20H15N3O4S. The van der Waals surface area contributed by atoms with E-state index in [-0.39, 0.29) is 11.7 Å². The van der Waals surface area contributed by atoms with Crippen LogP contribution in [0.2, 0.25) is 0 Å². The second-order valence-electron chi connectivity index (χ2n) is 6.02. The lowest BCUT2D eigenvalue weighted by atomic mass is 10.2. The third-order valence-electron chi connectivity index (χ3n) is 4.07. The number of fused-ring (bicyclic) bond motifs is 1. The molecule has 0 atom stereocenters. The molecule has 3 aromatic rings. The van der Waals surface area contributed by atoms with Crippen LogP contribution in [0, 0.1) is 11.3 Å². The molecule has 0 saturated heterocycles. The number of sulfonamides is 1. The molecule has 28 heavy (non-hydrogen) atoms. The van der Waals surface area contributed by atoms with Crippen LogP contribution >= 0.6 is 0 Å². The number of nitrogens with zero attached hydrogens (tertiary/aromatic N) is 1. The van der Waals surface area contributed by atoms with E-state index in [1.807, 2.05) is 6.07 Å². The van der Waals surface area contributed by atoms with E-state index in [0.29, 0.717) is 22.7 Å². The van der Waals surface area contributed by atoms with Gasteiger partial charge in [-0.2, -0.15) is 5.26 Å². The first-order valence-electron chi connectivity index (χ1n) is 8.33. The minimum absolute atomic E-state index is 0.0813. The molecular weight excluding hydrogens is 378 g/mol. The van der Waals surface area contributed by atoms with Gasteiger partial charge < -0.3 is 14.8 Å². The molecule has 1 aliphatic heterocycles. The molecule has 140 valence electrons. The lowest BCUT2D eigenvalue weighted by Gasteiger charge is -2.11. The number of ether oxygens (including phenoxy) is 2. The zero-order valence-electron chi connectivity index (χ0n) is 14.5. The number of rotatable bonds is 5. The average Bonchev–Trinajstić information content (AvgIpc) is 3.17. The summed E-state index contributed by atoms with van der Waals surface area (Å²) < 4.78 is 38.2. The van der Waals surface area contributed by atoms with Gasteiger partial charge in [0.25, 0.3) is 10.0 Å². The van der Waals surface area contributed by atoms with E-state index in [2.05, 4.69) is 16.1 Å². The smallest absolute Gasteiger partial charge is 0.262 e. The van der Waals surface area contributed by atoms with Gasteiger partial charge in [0.05, 0.1) is 16.5 Å². The Labute approximate surface area is 162 Å². The molecule has 0 saturated carbocycles. The lowest BCUT2D eigenvalue weighted by molar-refractivity contribution is 0.174. The summed E-state index contributed by atoms with van der Waals surface area (Å²) in [7, 11) is -3.76. The molecule has 1 heterocycles. The zero-order chi connectivity index (χ0) is 19.6. The van der Waals surface area contributed by atoms with Gasteiger partial charge in [-0.25, -0.2) is 8.42 Å². The van der Waals surface area contributed by atoms with E-state index in [1.165, 1.54) is 12.1 Å². The van der Waals surface area contributed by atoms with Crippen LogP contribution in [0.5, 0.6) is 11.5 Å². The zero-order valence-corrected chi connectivity index (χ0v) is 15.4. The second kappa shape index (κ2) is 7.13. The molecule has 0 fully saturated rings. The second-order valence-corrected chi connectivity index (χ2v) is 7.70. The number of nitrogens with one attached hydrogen (secondary N) is 2. The third kappa shape index (κ3) is 3.70. The van der Waals surface area contributed by atoms with Crippen LogP contribution in [0.3, 0.4) is 0 Å². The number of hydrogen-bond acceptors (Lipinski definition) is 6. The SMILES string of the molecule is N#Cc1cccc(Nc2ccc(NS(=O)(=O)c3ccc4c(c3)OCO4)cc2)c1. The Balaban J connectivity index is 1.48. The van der Waals surface area contributed by atoms with Gasteiger partial charge in [-0.3, -0.25) is 4.72 Å². The van der Waals surface area contributed by atoms with Crippen molar-refractivity contribution in [1.29, 1.82) is 5.26 Å². The first-order chi connectivity index (χ1) is 13.5. The molecule has 0 bridgehead atoms. The normalized spacial score (nSPS) is 12.2. The number of hydrogen-bond donors (Lipinski definition) is 2. The summed E-state index contributed by atoms with van der Waals surface area (Å²) in [4.78, 5) is 0.0901. The maximum absolute atomic E-state index is 12.6. The summed E-state index contributed by atoms with van der Waals surface area (Å²) in [6.45, 7) is 0.0813. The molecule has 0 spiro atoms. The van der Waals surface area contributed by atoms with Crippen molar-refractivity contribution >= 4 is 27.1 Å². The molecule has 0 aromatic heterocycles. The highest BCUT2D eigenvalue weighted by Crippen LogP contribution is 2.34. The van der Waals surface area contributed by atoms with E-state index in [4.69, 9.17) is 14.7 Å². The molecule has 4 rings (SSSR count). The van der Waals surface area contributed by atoms with Crippen molar-refractivity contribution in [2.24, 2.45) is 0 Å². The lowest BCUT2D eigenvalue weighted by Crippen LogP contribution is -2.12. The Bertz CT molecular complexity index is 1170. The highest BCUT2D eigenvalue weighted by Gasteiger charge is 2.20. The molecule has 8 heteroatoms. The van der Waals surface area contributed by atoms with Crippen LogP contribution in [0.1, 0.15) is 5.56 Å². The number of nitriles is 1. The van der Waals surface area contributed by atoms with Crippen molar-refractivity contribution in [3.8, 4) is 17.6 Å². The van der Waals surface area contributed by atoms with Crippen LogP contribution in [-0.4, -0.2) is 15.2 Å². The molecule has 2 N–H and O–H groups in total. The summed E-state index contributed by atoms with van der Waals surface area (Å²) in [5.41, 5.74) is 2.51. The van der Waals surface area contributed by atoms with Crippen molar-refractivity contribution in [2.45, 2.75) is 4.90 Å². The summed E-state index contributed by atoms with van der Waals surface area (Å²) in [5.74, 6) is 0.928. The highest BCUT2D eigenvalue weighted by atomic mass is 32.2. The summed E-state index contributed by atoms with van der Waals surface area (Å²) in [6.07, 6.45) is 0. The molecule has 0 aliphatic carbocycles. The molecule has 1 aliphatic rings. The first kappa shape index (κ1) is 17.7. The van der Waals surface area contributed by atoms with Gasteiger partial charge in [0.2, 0.25) is 6.79 Å². The summed E-state index contributed by atoms with van der Waals surface area (Å²) in [6, 6.07) is 20.4. The van der Waals surface area contributed by atoms with Gasteiger partial charge in [-0.15, -0.1) is 0 Å². The van der Waals surface area contributed by atoms with Crippen LogP contribution in [0.15, 0.2) is 71.6 Å². The monoisotopic (exact) mass is 393 g/mol. The molecule has 0 radical (unpaired) electrons. The summed E-state index contributed by atoms with van der Waals surface area (Å²) in [5, 5.41) is 12.1. The maximum atomic E-state index is 12.6. The van der Waals surface area contributed by atoms with E-state index in [1.54, 1.807) is 48.5 Å². The Morgan fingerprint density at radius 2 is 1.61 bits per heavy atom. The van der Waals surface area contributed by atoms with Crippen LogP contribution < -0.4 is 19.5 Å². The number of anilines is 3. The largest absolute Gasteiger partial charge is 0.454 e. The number of benzene rings is 3. The average molecular weight is 393 g/mol. The fraction of sp³-hybridized carbons (Fsp3) is 0.0500. The van der Waals surface area contributed by atoms with Crippen molar-refractivity contribution in [3.63, 3.8) is 0 Å². The van der Waals surface area contributed by atoms with Crippen molar-refractivity contribution in [2.75, 3.05) is 16.8 Å². The van der Waals surface area contributed by atoms with Gasteiger partial charge in [0.1, 0.15) is 0 Å². The summed E-state index contributed by atoms with van der Waals surface area (Å²) >= 11 is 0. The Morgan fingerprint density at radius 1 is 0.857 bits per heavy atom. The van der Waals surface area contributed by atoms with E-state index in [9.17, 15) is 8.42 Å². The molecule has 3 aromatic carbocycles. The van der Waals surface area contributed by atoms with Gasteiger partial charge in [-0.05, 0) is 54.6 Å². The van der Waals surface area contributed by atoms with Gasteiger partial charge >= 0.3 is 0 Å². The van der Waals surface area contributed by atoms with Gasteiger partial charge in [-0.1, -0.05) is 6.07 Å². The fourth-order valence-corrected chi connectivity index (χ4v) is 3.79. The third-order valence-corrected chi connectivity index (χ3v) is 5.45. The van der Waals surface area contributed by atoms with Crippen LogP contribution in [0.4, 0.5) is 17.1 Å². The quantitative estimate of drug-likeness (QED) is 0.683. The fourth-order valence-electron chi connectivity index (χ4n) is 2.71. The predicted molar refractivity (Wildman–Crippen MR) is 104 cm³/mol. The van der Waals surface area contributed by atoms with Crippen LogP contribution in [0.25, 0.3) is 0 Å². The molecule has 0 amide bonds. The first-order valence-corrected chi connectivity index (χ1v) is 9.81. The highest BCUT2D eigenvalue weighted by molar-refractivity contribution is 7.92. The Hall–Kier alpha value is -3.70. The van der Waals surface area contributed by atoms with E-state index in [0.717, 1.165) is 11.4 Å². The Kier molecular flexibility index (Phi) is 4.51. The van der Waals surface area contributed by atoms with Crippen molar-refractivity contribution in [3.05, 3.63) is 72.3 Å². The van der Waals surface area contributed by atoms with Crippen molar-refractivity contribution in [1.82, 2.24) is 0 Å². The molecule has 7 nitrogen and oxygen atoms in total. The van der Waals surface area contributed by atoms with Gasteiger partial charge in [0, 0.05) is 23.1 Å². The predicted octanol–water partition coefficient (Wildman–Crippen LogP) is 3.83. The minimum Gasteiger partial charge on any atom is -0.454 e. The van der Waals surface area contributed by atoms with Crippen LogP contribution in [-0.2, 0) is 10.0 Å². The molecule has 0 unspecified atom stereocenters. The standard InChI is InChI=1S/C20H15N3O4S/c21-12-14-2-1-3-17(10-14)22-15-4-6-16(7-5-15)23-28(24,25)18-8-9-19-20(11-18)27-13-26-19/h1-11,22-23H,13H2. The van der Waals surface area contributed by atoms with Gasteiger partial charge in [0.15, 0.2) is 11.5 Å². The Morgan fingerprint density at radius 3 is 2.39 bits per heavy atom. The van der Waals surface area contributed by atoms with E-state index >= 15 is 0 Å². The topological polar surface area (TPSA) is 100 Å². The van der Waals surface area contributed by atoms with Crippen molar-refractivity contribution < 1.29 is 17.9 Å². The van der Waals surface area contributed by atoms with E-state index < -0.39 is 10.0 Å². The minimum atomic E-state index is -3.76.